The van der Waals surface area contributed by atoms with Gasteiger partial charge >= 0.3 is 0 Å². The fraction of sp³-hybridized carbons (Fsp3) is 0.611. The highest BCUT2D eigenvalue weighted by atomic mass is 127. The van der Waals surface area contributed by atoms with Crippen LogP contribution in [0.1, 0.15) is 13.8 Å². The Morgan fingerprint density at radius 3 is 2.81 bits per heavy atom. The highest BCUT2D eigenvalue weighted by Gasteiger charge is 2.16. The number of guanidine groups is 1. The summed E-state index contributed by atoms with van der Waals surface area (Å²) in [6.07, 6.45) is 0. The van der Waals surface area contributed by atoms with Crippen molar-refractivity contribution in [1.82, 2.24) is 15.5 Å². The van der Waals surface area contributed by atoms with E-state index in [1.165, 1.54) is 12.1 Å². The maximum absolute atomic E-state index is 13.1. The number of hydrogen-bond donors (Lipinski definition) is 2. The number of ether oxygens (including phenoxy) is 2. The van der Waals surface area contributed by atoms with Crippen molar-refractivity contribution in [1.29, 1.82) is 0 Å². The first-order chi connectivity index (χ1) is 12.2. The van der Waals surface area contributed by atoms with Crippen LogP contribution in [0, 0.1) is 5.82 Å². The number of benzene rings is 1. The van der Waals surface area contributed by atoms with Crippen molar-refractivity contribution < 1.29 is 13.9 Å². The average Bonchev–Trinajstić information content (AvgIpc) is 2.63. The van der Waals surface area contributed by atoms with Gasteiger partial charge in [-0.2, -0.15) is 0 Å². The molecule has 8 heteroatoms. The number of morpholine rings is 1. The van der Waals surface area contributed by atoms with Gasteiger partial charge in [0.25, 0.3) is 0 Å². The molecule has 1 aromatic rings. The summed E-state index contributed by atoms with van der Waals surface area (Å²) in [5, 5.41) is 6.47. The first-order valence-corrected chi connectivity index (χ1v) is 8.91. The molecule has 1 heterocycles. The summed E-state index contributed by atoms with van der Waals surface area (Å²) < 4.78 is 24.0. The lowest BCUT2D eigenvalue weighted by molar-refractivity contribution is 0.0220. The largest absolute Gasteiger partial charge is 0.492 e. The number of rotatable bonds is 8. The van der Waals surface area contributed by atoms with Gasteiger partial charge in [-0.1, -0.05) is 6.07 Å². The van der Waals surface area contributed by atoms with E-state index in [4.69, 9.17) is 9.47 Å². The van der Waals surface area contributed by atoms with E-state index in [1.807, 2.05) is 6.92 Å². The van der Waals surface area contributed by atoms with Gasteiger partial charge < -0.3 is 20.1 Å². The standard InChI is InChI=1S/C18H29FN4O2.HI/c1-3-20-18(22-14-15(2)23-8-11-24-12-9-23)21-7-10-25-17-6-4-5-16(19)13-17;/h4-6,13,15H,3,7-12,14H2,1-2H3,(H2,20,21,22);1H. The van der Waals surface area contributed by atoms with E-state index < -0.39 is 0 Å². The minimum atomic E-state index is -0.294. The molecular weight excluding hydrogens is 450 g/mol. The summed E-state index contributed by atoms with van der Waals surface area (Å²) in [4.78, 5) is 7.04. The van der Waals surface area contributed by atoms with Crippen LogP contribution < -0.4 is 15.4 Å². The molecule has 0 aliphatic carbocycles. The third-order valence-corrected chi connectivity index (χ3v) is 3.99. The fourth-order valence-electron chi connectivity index (χ4n) is 2.59. The van der Waals surface area contributed by atoms with Gasteiger partial charge in [0.1, 0.15) is 18.2 Å². The minimum absolute atomic E-state index is 0. The van der Waals surface area contributed by atoms with Gasteiger partial charge in [0, 0.05) is 31.7 Å². The molecule has 2 N–H and O–H groups in total. The molecule has 0 saturated carbocycles. The fourth-order valence-corrected chi connectivity index (χ4v) is 2.59. The predicted octanol–water partition coefficient (Wildman–Crippen LogP) is 2.10. The Morgan fingerprint density at radius 1 is 1.35 bits per heavy atom. The van der Waals surface area contributed by atoms with Gasteiger partial charge in [-0.05, 0) is 26.0 Å². The van der Waals surface area contributed by atoms with Crippen LogP contribution in [-0.4, -0.2) is 69.4 Å². The Morgan fingerprint density at radius 2 is 2.12 bits per heavy atom. The van der Waals surface area contributed by atoms with Crippen molar-refractivity contribution in [2.45, 2.75) is 19.9 Å². The monoisotopic (exact) mass is 480 g/mol. The minimum Gasteiger partial charge on any atom is -0.492 e. The van der Waals surface area contributed by atoms with Crippen molar-refractivity contribution in [2.24, 2.45) is 4.99 Å². The predicted molar refractivity (Wildman–Crippen MR) is 113 cm³/mol. The third-order valence-electron chi connectivity index (χ3n) is 3.99. The van der Waals surface area contributed by atoms with Crippen LogP contribution in [0.2, 0.25) is 0 Å². The first-order valence-electron chi connectivity index (χ1n) is 8.91. The second-order valence-corrected chi connectivity index (χ2v) is 5.95. The van der Waals surface area contributed by atoms with Crippen molar-refractivity contribution in [2.75, 3.05) is 52.5 Å². The van der Waals surface area contributed by atoms with Gasteiger partial charge in [0.15, 0.2) is 5.96 Å². The van der Waals surface area contributed by atoms with Crippen molar-refractivity contribution in [3.05, 3.63) is 30.1 Å². The maximum atomic E-state index is 13.1. The average molecular weight is 480 g/mol. The molecule has 6 nitrogen and oxygen atoms in total. The van der Waals surface area contributed by atoms with Crippen LogP contribution in [0.5, 0.6) is 5.75 Å². The van der Waals surface area contributed by atoms with Gasteiger partial charge in [-0.3, -0.25) is 9.89 Å². The second-order valence-electron chi connectivity index (χ2n) is 5.95. The zero-order chi connectivity index (χ0) is 17.9. The number of nitrogens with one attached hydrogen (secondary N) is 2. The van der Waals surface area contributed by atoms with Crippen LogP contribution in [0.3, 0.4) is 0 Å². The molecule has 26 heavy (non-hydrogen) atoms. The van der Waals surface area contributed by atoms with E-state index in [2.05, 4.69) is 27.4 Å². The summed E-state index contributed by atoms with van der Waals surface area (Å²) in [6.45, 7) is 10.3. The molecule has 148 valence electrons. The molecule has 0 bridgehead atoms. The zero-order valence-corrected chi connectivity index (χ0v) is 17.9. The second kappa shape index (κ2) is 13.1. The molecule has 1 aliphatic rings. The van der Waals surface area contributed by atoms with Crippen LogP contribution in [0.4, 0.5) is 4.39 Å². The third kappa shape index (κ3) is 8.50. The van der Waals surface area contributed by atoms with E-state index in [9.17, 15) is 4.39 Å². The molecule has 1 fully saturated rings. The first kappa shape index (κ1) is 22.9. The Bertz CT molecular complexity index is 542. The molecule has 1 aromatic carbocycles. The lowest BCUT2D eigenvalue weighted by Gasteiger charge is -2.31. The van der Waals surface area contributed by atoms with E-state index in [0.29, 0.717) is 24.9 Å². The van der Waals surface area contributed by atoms with E-state index in [-0.39, 0.29) is 29.8 Å². The quantitative estimate of drug-likeness (QED) is 0.259. The molecule has 1 atom stereocenters. The van der Waals surface area contributed by atoms with Crippen LogP contribution >= 0.6 is 24.0 Å². The Balaban J connectivity index is 0.00000338. The molecule has 2 rings (SSSR count). The molecule has 0 amide bonds. The Hall–Kier alpha value is -1.13. The molecule has 0 aromatic heterocycles. The molecule has 1 unspecified atom stereocenters. The van der Waals surface area contributed by atoms with Crippen LogP contribution in [0.25, 0.3) is 0 Å². The molecular formula is C18H30FIN4O2. The molecule has 1 saturated heterocycles. The maximum Gasteiger partial charge on any atom is 0.191 e. The summed E-state index contributed by atoms with van der Waals surface area (Å²) in [5.41, 5.74) is 0. The molecule has 0 spiro atoms. The SMILES string of the molecule is CCNC(=NCC(C)N1CCOCC1)NCCOc1cccc(F)c1.I. The van der Waals surface area contributed by atoms with Gasteiger partial charge in [-0.15, -0.1) is 24.0 Å². The Kier molecular flexibility index (Phi) is 11.5. The number of aliphatic imine (C=N–C) groups is 1. The van der Waals surface area contributed by atoms with Crippen molar-refractivity contribution in [3.8, 4) is 5.75 Å². The van der Waals surface area contributed by atoms with E-state index in [1.54, 1.807) is 12.1 Å². The molecule has 1 aliphatic heterocycles. The van der Waals surface area contributed by atoms with Crippen molar-refractivity contribution >= 4 is 29.9 Å². The van der Waals surface area contributed by atoms with E-state index >= 15 is 0 Å². The Labute approximate surface area is 172 Å². The summed E-state index contributed by atoms with van der Waals surface area (Å²) in [7, 11) is 0. The number of nitrogens with zero attached hydrogens (tertiary/aromatic N) is 2. The summed E-state index contributed by atoms with van der Waals surface area (Å²) in [6, 6.07) is 6.53. The van der Waals surface area contributed by atoms with E-state index in [0.717, 1.165) is 45.4 Å². The highest BCUT2D eigenvalue weighted by molar-refractivity contribution is 14.0. The summed E-state index contributed by atoms with van der Waals surface area (Å²) >= 11 is 0. The zero-order valence-electron chi connectivity index (χ0n) is 15.5. The number of hydrogen-bond acceptors (Lipinski definition) is 4. The summed E-state index contributed by atoms with van der Waals surface area (Å²) in [5.74, 6) is 1.01. The van der Waals surface area contributed by atoms with Crippen LogP contribution in [-0.2, 0) is 4.74 Å². The van der Waals surface area contributed by atoms with Gasteiger partial charge in [-0.25, -0.2) is 4.39 Å². The van der Waals surface area contributed by atoms with Gasteiger partial charge in [0.05, 0.1) is 26.3 Å². The van der Waals surface area contributed by atoms with Gasteiger partial charge in [0.2, 0.25) is 0 Å². The highest BCUT2D eigenvalue weighted by Crippen LogP contribution is 2.11. The topological polar surface area (TPSA) is 58.1 Å². The molecule has 0 radical (unpaired) electrons. The number of halogens is 2. The lowest BCUT2D eigenvalue weighted by atomic mass is 10.2. The van der Waals surface area contributed by atoms with Crippen molar-refractivity contribution in [3.63, 3.8) is 0 Å². The van der Waals surface area contributed by atoms with Crippen LogP contribution in [0.15, 0.2) is 29.3 Å². The normalized spacial score (nSPS) is 16.5. The smallest absolute Gasteiger partial charge is 0.191 e. The lowest BCUT2D eigenvalue weighted by Crippen LogP contribution is -2.44.